The van der Waals surface area contributed by atoms with Crippen molar-refractivity contribution in [2.75, 3.05) is 0 Å². The van der Waals surface area contributed by atoms with Gasteiger partial charge in [0.1, 0.15) is 18.5 Å². The van der Waals surface area contributed by atoms with E-state index in [1.165, 1.54) is 23.8 Å². The molecule has 1 aromatic heterocycles. The quantitative estimate of drug-likeness (QED) is 0.715. The Hall–Kier alpha value is -1.77. The van der Waals surface area contributed by atoms with E-state index in [2.05, 4.69) is 46.1 Å². The van der Waals surface area contributed by atoms with Crippen molar-refractivity contribution in [2.45, 2.75) is 13.3 Å². The molecule has 0 aliphatic heterocycles. The summed E-state index contributed by atoms with van der Waals surface area (Å²) in [4.78, 5) is 11.9. The molecule has 0 saturated heterocycles. The Labute approximate surface area is 82.9 Å². The van der Waals surface area contributed by atoms with Gasteiger partial charge in [0.2, 0.25) is 0 Å². The number of hydrogen-bond acceptors (Lipinski definition) is 3. The van der Waals surface area contributed by atoms with Crippen molar-refractivity contribution in [1.82, 2.24) is 15.0 Å². The first-order valence-corrected chi connectivity index (χ1v) is 4.51. The maximum Gasteiger partial charge on any atom is 0.136 e. The van der Waals surface area contributed by atoms with Crippen molar-refractivity contribution >= 4 is 0 Å². The summed E-state index contributed by atoms with van der Waals surface area (Å²) in [5.74, 6) is 0.809. The van der Waals surface area contributed by atoms with Gasteiger partial charge in [-0.15, -0.1) is 0 Å². The molecule has 1 aromatic carbocycles. The van der Waals surface area contributed by atoms with Crippen LogP contribution in [-0.2, 0) is 6.42 Å². The van der Waals surface area contributed by atoms with Crippen LogP contribution in [0.2, 0.25) is 0 Å². The number of rotatable bonds is 2. The minimum Gasteiger partial charge on any atom is -0.225 e. The highest BCUT2D eigenvalue weighted by Gasteiger charge is 1.97. The molecular formula is C11H11N3. The largest absolute Gasteiger partial charge is 0.225 e. The van der Waals surface area contributed by atoms with Crippen LogP contribution in [0, 0.1) is 6.92 Å². The molecule has 0 radical (unpaired) electrons. The fourth-order valence-corrected chi connectivity index (χ4v) is 1.24. The summed E-state index contributed by atoms with van der Waals surface area (Å²) in [6.07, 6.45) is 3.82. The first kappa shape index (κ1) is 8.81. The van der Waals surface area contributed by atoms with E-state index in [0.29, 0.717) is 0 Å². The Bertz CT molecular complexity index is 395. The van der Waals surface area contributed by atoms with Crippen LogP contribution in [0.4, 0.5) is 0 Å². The Morgan fingerprint density at radius 3 is 2.29 bits per heavy atom. The molecule has 3 heteroatoms. The normalized spacial score (nSPS) is 10.1. The van der Waals surface area contributed by atoms with Crippen LogP contribution in [0.1, 0.15) is 17.0 Å². The smallest absolute Gasteiger partial charge is 0.136 e. The zero-order valence-electron chi connectivity index (χ0n) is 8.01. The van der Waals surface area contributed by atoms with E-state index in [1.807, 2.05) is 0 Å². The summed E-state index contributed by atoms with van der Waals surface area (Å²) in [5.41, 5.74) is 2.49. The molecule has 2 aromatic rings. The first-order chi connectivity index (χ1) is 6.84. The summed E-state index contributed by atoms with van der Waals surface area (Å²) in [5, 5.41) is 0. The van der Waals surface area contributed by atoms with Crippen LogP contribution in [0.5, 0.6) is 0 Å². The average molecular weight is 185 g/mol. The monoisotopic (exact) mass is 185 g/mol. The maximum atomic E-state index is 4.07. The molecule has 2 rings (SSSR count). The number of aryl methyl sites for hydroxylation is 1. The lowest BCUT2D eigenvalue weighted by Gasteiger charge is -1.99. The van der Waals surface area contributed by atoms with Gasteiger partial charge in [-0.2, -0.15) is 0 Å². The summed E-state index contributed by atoms with van der Waals surface area (Å²) in [7, 11) is 0. The summed E-state index contributed by atoms with van der Waals surface area (Å²) in [6.45, 7) is 2.08. The average Bonchev–Trinajstić information content (AvgIpc) is 2.23. The van der Waals surface area contributed by atoms with E-state index in [0.717, 1.165) is 12.2 Å². The van der Waals surface area contributed by atoms with Crippen LogP contribution in [0.25, 0.3) is 0 Å². The third kappa shape index (κ3) is 2.13. The van der Waals surface area contributed by atoms with Gasteiger partial charge in [0.05, 0.1) is 0 Å². The molecule has 0 spiro atoms. The number of aromatic nitrogens is 3. The van der Waals surface area contributed by atoms with Crippen molar-refractivity contribution in [1.29, 1.82) is 0 Å². The number of hydrogen-bond donors (Lipinski definition) is 0. The molecule has 0 aliphatic carbocycles. The van der Waals surface area contributed by atoms with Crippen LogP contribution in [0.15, 0.2) is 36.9 Å². The lowest BCUT2D eigenvalue weighted by molar-refractivity contribution is 0.917. The standard InChI is InChI=1S/C11H11N3/c1-9-2-4-10(5-3-9)6-11-13-7-12-8-14-11/h2-5,7-8H,6H2,1H3. The van der Waals surface area contributed by atoms with Crippen molar-refractivity contribution in [3.63, 3.8) is 0 Å². The SMILES string of the molecule is Cc1ccc(Cc2ncncn2)cc1. The lowest BCUT2D eigenvalue weighted by Crippen LogP contribution is -1.96. The molecule has 0 saturated carbocycles. The third-order valence-corrected chi connectivity index (χ3v) is 2.03. The van der Waals surface area contributed by atoms with E-state index in [4.69, 9.17) is 0 Å². The fourth-order valence-electron chi connectivity index (χ4n) is 1.24. The van der Waals surface area contributed by atoms with Gasteiger partial charge in [0.25, 0.3) is 0 Å². The van der Waals surface area contributed by atoms with Gasteiger partial charge in [-0.3, -0.25) is 0 Å². The number of nitrogens with zero attached hydrogens (tertiary/aromatic N) is 3. The van der Waals surface area contributed by atoms with Crippen molar-refractivity contribution in [3.8, 4) is 0 Å². The second kappa shape index (κ2) is 3.96. The molecule has 14 heavy (non-hydrogen) atoms. The van der Waals surface area contributed by atoms with Crippen LogP contribution in [0.3, 0.4) is 0 Å². The van der Waals surface area contributed by atoms with Crippen LogP contribution in [-0.4, -0.2) is 15.0 Å². The zero-order valence-corrected chi connectivity index (χ0v) is 8.01. The Morgan fingerprint density at radius 2 is 1.64 bits per heavy atom. The molecule has 0 bridgehead atoms. The van der Waals surface area contributed by atoms with Crippen molar-refractivity contribution in [2.24, 2.45) is 0 Å². The van der Waals surface area contributed by atoms with Crippen molar-refractivity contribution in [3.05, 3.63) is 53.9 Å². The van der Waals surface area contributed by atoms with Gasteiger partial charge < -0.3 is 0 Å². The molecule has 0 unspecified atom stereocenters. The van der Waals surface area contributed by atoms with Crippen molar-refractivity contribution < 1.29 is 0 Å². The molecule has 0 N–H and O–H groups in total. The molecular weight excluding hydrogens is 174 g/mol. The van der Waals surface area contributed by atoms with Gasteiger partial charge in [-0.05, 0) is 12.5 Å². The highest BCUT2D eigenvalue weighted by molar-refractivity contribution is 5.23. The maximum absolute atomic E-state index is 4.07. The minimum atomic E-state index is 0.767. The summed E-state index contributed by atoms with van der Waals surface area (Å²) in [6, 6.07) is 8.38. The van der Waals surface area contributed by atoms with E-state index in [1.54, 1.807) is 0 Å². The second-order valence-corrected chi connectivity index (χ2v) is 3.22. The number of benzene rings is 1. The van der Waals surface area contributed by atoms with E-state index < -0.39 is 0 Å². The first-order valence-electron chi connectivity index (χ1n) is 4.51. The molecule has 3 nitrogen and oxygen atoms in total. The fraction of sp³-hybridized carbons (Fsp3) is 0.182. The molecule has 1 heterocycles. The Kier molecular flexibility index (Phi) is 2.49. The molecule has 0 amide bonds. The summed E-state index contributed by atoms with van der Waals surface area (Å²) < 4.78 is 0. The van der Waals surface area contributed by atoms with E-state index in [9.17, 15) is 0 Å². The second-order valence-electron chi connectivity index (χ2n) is 3.22. The van der Waals surface area contributed by atoms with E-state index >= 15 is 0 Å². The minimum absolute atomic E-state index is 0.767. The Morgan fingerprint density at radius 1 is 1.00 bits per heavy atom. The summed E-state index contributed by atoms with van der Waals surface area (Å²) >= 11 is 0. The zero-order chi connectivity index (χ0) is 9.80. The van der Waals surface area contributed by atoms with Crippen LogP contribution >= 0.6 is 0 Å². The van der Waals surface area contributed by atoms with Gasteiger partial charge in [-0.1, -0.05) is 29.8 Å². The lowest BCUT2D eigenvalue weighted by atomic mass is 10.1. The van der Waals surface area contributed by atoms with Crippen LogP contribution < -0.4 is 0 Å². The van der Waals surface area contributed by atoms with Gasteiger partial charge in [0.15, 0.2) is 0 Å². The molecule has 70 valence electrons. The Balaban J connectivity index is 2.16. The highest BCUT2D eigenvalue weighted by Crippen LogP contribution is 2.06. The van der Waals surface area contributed by atoms with E-state index in [-0.39, 0.29) is 0 Å². The predicted molar refractivity (Wildman–Crippen MR) is 53.8 cm³/mol. The van der Waals surface area contributed by atoms with Gasteiger partial charge in [-0.25, -0.2) is 15.0 Å². The topological polar surface area (TPSA) is 38.7 Å². The molecule has 0 fully saturated rings. The van der Waals surface area contributed by atoms with Gasteiger partial charge in [0, 0.05) is 6.42 Å². The predicted octanol–water partition coefficient (Wildman–Crippen LogP) is 1.77. The highest BCUT2D eigenvalue weighted by atomic mass is 15.0. The van der Waals surface area contributed by atoms with Gasteiger partial charge >= 0.3 is 0 Å². The molecule has 0 aliphatic rings. The molecule has 0 atom stereocenters. The third-order valence-electron chi connectivity index (χ3n) is 2.03.